The molecule has 0 aliphatic rings. The van der Waals surface area contributed by atoms with Crippen molar-refractivity contribution in [3.05, 3.63) is 0 Å². The van der Waals surface area contributed by atoms with Crippen LogP contribution in [-0.2, 0) is 0 Å². The predicted molar refractivity (Wildman–Crippen MR) is 39.7 cm³/mol. The largest absolute Gasteiger partial charge is 0.396 e. The van der Waals surface area contributed by atoms with Crippen molar-refractivity contribution in [2.45, 2.75) is 19.0 Å². The number of aliphatic hydroxyl groups excluding tert-OH is 1. The predicted octanol–water partition coefficient (Wildman–Crippen LogP) is 2.05. The van der Waals surface area contributed by atoms with Crippen molar-refractivity contribution < 1.29 is 18.3 Å². The standard InChI is InChI=1S/C6H11F3OS/c7-6(8,9)2-1-4-11-5-3-10/h10H,1-5H2. The minimum absolute atomic E-state index is 0.0384. The van der Waals surface area contributed by atoms with Crippen LogP contribution in [0.2, 0.25) is 0 Å². The van der Waals surface area contributed by atoms with Crippen molar-refractivity contribution >= 4 is 11.8 Å². The van der Waals surface area contributed by atoms with Gasteiger partial charge in [0.15, 0.2) is 0 Å². The van der Waals surface area contributed by atoms with Gasteiger partial charge in [-0.05, 0) is 12.2 Å². The summed E-state index contributed by atoms with van der Waals surface area (Å²) in [5.74, 6) is 0.998. The van der Waals surface area contributed by atoms with E-state index in [1.54, 1.807) is 0 Å². The molecule has 68 valence electrons. The van der Waals surface area contributed by atoms with Crippen molar-refractivity contribution in [3.63, 3.8) is 0 Å². The fourth-order valence-electron chi connectivity index (χ4n) is 0.541. The molecule has 0 radical (unpaired) electrons. The molecule has 0 aromatic heterocycles. The monoisotopic (exact) mass is 188 g/mol. The van der Waals surface area contributed by atoms with Gasteiger partial charge in [0, 0.05) is 12.2 Å². The van der Waals surface area contributed by atoms with E-state index in [1.165, 1.54) is 11.8 Å². The molecule has 0 fully saturated rings. The first-order chi connectivity index (χ1) is 5.06. The van der Waals surface area contributed by atoms with Crippen LogP contribution in [0.1, 0.15) is 12.8 Å². The van der Waals surface area contributed by atoms with Gasteiger partial charge >= 0.3 is 6.18 Å². The van der Waals surface area contributed by atoms with Crippen LogP contribution in [0, 0.1) is 0 Å². The molecular weight excluding hydrogens is 177 g/mol. The second-order valence-electron chi connectivity index (χ2n) is 2.05. The average Bonchev–Trinajstić information content (AvgIpc) is 1.85. The maximum atomic E-state index is 11.5. The van der Waals surface area contributed by atoms with Gasteiger partial charge in [-0.25, -0.2) is 0 Å². The Morgan fingerprint density at radius 3 is 2.27 bits per heavy atom. The normalized spacial score (nSPS) is 12.0. The molecule has 0 spiro atoms. The third kappa shape index (κ3) is 10.1. The van der Waals surface area contributed by atoms with Gasteiger partial charge in [-0.1, -0.05) is 0 Å². The van der Waals surface area contributed by atoms with Crippen LogP contribution in [-0.4, -0.2) is 29.4 Å². The van der Waals surface area contributed by atoms with Crippen LogP contribution in [0.5, 0.6) is 0 Å². The SMILES string of the molecule is OCCSCCCC(F)(F)F. The number of rotatable bonds is 5. The van der Waals surface area contributed by atoms with E-state index >= 15 is 0 Å². The van der Waals surface area contributed by atoms with Gasteiger partial charge in [0.05, 0.1) is 6.61 Å². The Hall–Kier alpha value is 0.100. The van der Waals surface area contributed by atoms with Crippen molar-refractivity contribution in [2.24, 2.45) is 0 Å². The third-order valence-electron chi connectivity index (χ3n) is 0.985. The van der Waals surface area contributed by atoms with Crippen molar-refractivity contribution in [2.75, 3.05) is 18.1 Å². The average molecular weight is 188 g/mol. The van der Waals surface area contributed by atoms with Crippen LogP contribution in [0.3, 0.4) is 0 Å². The first-order valence-corrected chi connectivity index (χ1v) is 4.47. The topological polar surface area (TPSA) is 20.2 Å². The summed E-state index contributed by atoms with van der Waals surface area (Å²) < 4.78 is 34.5. The van der Waals surface area contributed by atoms with Gasteiger partial charge in [-0.3, -0.25) is 0 Å². The molecule has 11 heavy (non-hydrogen) atoms. The fourth-order valence-corrected chi connectivity index (χ4v) is 1.22. The molecule has 0 aromatic rings. The van der Waals surface area contributed by atoms with E-state index < -0.39 is 12.6 Å². The van der Waals surface area contributed by atoms with Crippen LogP contribution in [0.15, 0.2) is 0 Å². The molecule has 0 aliphatic heterocycles. The number of thioether (sulfide) groups is 1. The van der Waals surface area contributed by atoms with E-state index in [9.17, 15) is 13.2 Å². The summed E-state index contributed by atoms with van der Waals surface area (Å²) in [6.07, 6.45) is -4.60. The molecular formula is C6H11F3OS. The summed E-state index contributed by atoms with van der Waals surface area (Å²) in [7, 11) is 0. The van der Waals surface area contributed by atoms with E-state index in [0.29, 0.717) is 11.5 Å². The molecule has 5 heteroatoms. The molecule has 0 heterocycles. The van der Waals surface area contributed by atoms with Crippen LogP contribution in [0.25, 0.3) is 0 Å². The molecule has 0 amide bonds. The molecule has 1 N–H and O–H groups in total. The van der Waals surface area contributed by atoms with Gasteiger partial charge < -0.3 is 5.11 Å². The third-order valence-corrected chi connectivity index (χ3v) is 2.03. The highest BCUT2D eigenvalue weighted by molar-refractivity contribution is 7.99. The van der Waals surface area contributed by atoms with E-state index in [0.717, 1.165) is 0 Å². The zero-order valence-corrected chi connectivity index (χ0v) is 6.84. The zero-order chi connectivity index (χ0) is 8.74. The summed E-state index contributed by atoms with van der Waals surface area (Å²) in [5, 5.41) is 8.28. The van der Waals surface area contributed by atoms with Crippen molar-refractivity contribution in [1.29, 1.82) is 0 Å². The van der Waals surface area contributed by atoms with E-state index in [2.05, 4.69) is 0 Å². The molecule has 1 nitrogen and oxygen atoms in total. The smallest absolute Gasteiger partial charge is 0.389 e. The van der Waals surface area contributed by atoms with Gasteiger partial charge in [-0.15, -0.1) is 0 Å². The Bertz CT molecular complexity index is 94.3. The molecule has 0 saturated carbocycles. The van der Waals surface area contributed by atoms with Gasteiger partial charge in [0.25, 0.3) is 0 Å². The second-order valence-corrected chi connectivity index (χ2v) is 3.28. The number of halogens is 3. The maximum Gasteiger partial charge on any atom is 0.389 e. The maximum absolute atomic E-state index is 11.5. The van der Waals surface area contributed by atoms with Gasteiger partial charge in [-0.2, -0.15) is 24.9 Å². The lowest BCUT2D eigenvalue weighted by Gasteiger charge is -2.04. The molecule has 0 saturated heterocycles. The van der Waals surface area contributed by atoms with E-state index in [4.69, 9.17) is 5.11 Å². The lowest BCUT2D eigenvalue weighted by molar-refractivity contribution is -0.134. The Morgan fingerprint density at radius 1 is 1.18 bits per heavy atom. The Balaban J connectivity index is 3.02. The highest BCUT2D eigenvalue weighted by Crippen LogP contribution is 2.22. The Kier molecular flexibility index (Phi) is 5.76. The minimum atomic E-state index is -4.03. The Labute approximate surface area is 68.0 Å². The second kappa shape index (κ2) is 5.71. The first-order valence-electron chi connectivity index (χ1n) is 3.31. The number of hydrogen-bond donors (Lipinski definition) is 1. The quantitative estimate of drug-likeness (QED) is 0.666. The van der Waals surface area contributed by atoms with Crippen LogP contribution >= 0.6 is 11.8 Å². The first kappa shape index (κ1) is 11.1. The van der Waals surface area contributed by atoms with E-state index in [1.807, 2.05) is 0 Å². The molecule has 0 bridgehead atoms. The lowest BCUT2D eigenvalue weighted by Crippen LogP contribution is -2.07. The highest BCUT2D eigenvalue weighted by atomic mass is 32.2. The number of aliphatic hydroxyl groups is 1. The number of hydrogen-bond acceptors (Lipinski definition) is 2. The zero-order valence-electron chi connectivity index (χ0n) is 6.02. The van der Waals surface area contributed by atoms with E-state index in [-0.39, 0.29) is 13.0 Å². The summed E-state index contributed by atoms with van der Waals surface area (Å²) in [6, 6.07) is 0. The Morgan fingerprint density at radius 2 is 1.82 bits per heavy atom. The van der Waals surface area contributed by atoms with Crippen LogP contribution in [0.4, 0.5) is 13.2 Å². The highest BCUT2D eigenvalue weighted by Gasteiger charge is 2.25. The molecule has 0 aliphatic carbocycles. The van der Waals surface area contributed by atoms with Crippen LogP contribution < -0.4 is 0 Å². The molecule has 0 rings (SSSR count). The summed E-state index contributed by atoms with van der Waals surface area (Å²) in [5.41, 5.74) is 0. The summed E-state index contributed by atoms with van der Waals surface area (Å²) in [4.78, 5) is 0. The van der Waals surface area contributed by atoms with Gasteiger partial charge in [0.2, 0.25) is 0 Å². The van der Waals surface area contributed by atoms with Crippen molar-refractivity contribution in [3.8, 4) is 0 Å². The summed E-state index contributed by atoms with van der Waals surface area (Å²) >= 11 is 1.34. The fraction of sp³-hybridized carbons (Fsp3) is 1.00. The minimum Gasteiger partial charge on any atom is -0.396 e. The summed E-state index contributed by atoms with van der Waals surface area (Å²) in [6.45, 7) is 0.0384. The molecule has 0 atom stereocenters. The van der Waals surface area contributed by atoms with Crippen molar-refractivity contribution in [1.82, 2.24) is 0 Å². The number of alkyl halides is 3. The lowest BCUT2D eigenvalue weighted by atomic mass is 10.3. The molecule has 0 aromatic carbocycles. The van der Waals surface area contributed by atoms with Gasteiger partial charge in [0.1, 0.15) is 0 Å². The molecule has 0 unspecified atom stereocenters.